The van der Waals surface area contributed by atoms with Gasteiger partial charge in [-0.15, -0.1) is 10.2 Å². The van der Waals surface area contributed by atoms with Crippen molar-refractivity contribution in [3.63, 3.8) is 0 Å². The Kier molecular flexibility index (Phi) is 3.40. The third kappa shape index (κ3) is 2.63. The zero-order valence-corrected chi connectivity index (χ0v) is 12.7. The highest BCUT2D eigenvalue weighted by atomic mass is 32.1. The molecule has 4 aromatic rings. The molecule has 5 heteroatoms. The SMILES string of the molecule is c1ccc(Cc2nn3c(Cc4ccccc4)nnc3s2)cc1. The Morgan fingerprint density at radius 1 is 0.773 bits per heavy atom. The summed E-state index contributed by atoms with van der Waals surface area (Å²) in [6, 6.07) is 20.7. The maximum atomic E-state index is 4.67. The van der Waals surface area contributed by atoms with Crippen LogP contribution >= 0.6 is 11.3 Å². The molecule has 22 heavy (non-hydrogen) atoms. The molecular weight excluding hydrogens is 292 g/mol. The van der Waals surface area contributed by atoms with Gasteiger partial charge in [-0.3, -0.25) is 0 Å². The molecule has 0 atom stereocenters. The monoisotopic (exact) mass is 306 g/mol. The van der Waals surface area contributed by atoms with Gasteiger partial charge in [-0.2, -0.15) is 9.61 Å². The first kappa shape index (κ1) is 13.2. The van der Waals surface area contributed by atoms with E-state index in [1.165, 1.54) is 11.1 Å². The lowest BCUT2D eigenvalue weighted by molar-refractivity contribution is 0.830. The summed E-state index contributed by atoms with van der Waals surface area (Å²) in [5.41, 5.74) is 2.48. The fourth-order valence-corrected chi connectivity index (χ4v) is 3.31. The molecule has 2 aromatic heterocycles. The smallest absolute Gasteiger partial charge is 0.187 e. The predicted octanol–water partition coefficient (Wildman–Crippen LogP) is 3.37. The van der Waals surface area contributed by atoms with Gasteiger partial charge in [0.15, 0.2) is 5.82 Å². The van der Waals surface area contributed by atoms with Gasteiger partial charge in [-0.1, -0.05) is 72.0 Å². The second-order valence-electron chi connectivity index (χ2n) is 5.13. The summed E-state index contributed by atoms with van der Waals surface area (Å²) in [7, 11) is 0. The minimum atomic E-state index is 0.747. The minimum Gasteiger partial charge on any atom is -0.187 e. The van der Waals surface area contributed by atoms with E-state index in [-0.39, 0.29) is 0 Å². The molecule has 0 saturated carbocycles. The van der Waals surface area contributed by atoms with Gasteiger partial charge in [0.2, 0.25) is 4.96 Å². The molecule has 0 amide bonds. The van der Waals surface area contributed by atoms with E-state index >= 15 is 0 Å². The second-order valence-corrected chi connectivity index (χ2v) is 6.17. The summed E-state index contributed by atoms with van der Waals surface area (Å²) in [5.74, 6) is 0.886. The van der Waals surface area contributed by atoms with Crippen molar-refractivity contribution in [1.82, 2.24) is 19.8 Å². The van der Waals surface area contributed by atoms with E-state index in [0.29, 0.717) is 0 Å². The van der Waals surface area contributed by atoms with E-state index < -0.39 is 0 Å². The van der Waals surface area contributed by atoms with E-state index in [1.54, 1.807) is 11.3 Å². The van der Waals surface area contributed by atoms with Gasteiger partial charge in [0, 0.05) is 12.8 Å². The summed E-state index contributed by atoms with van der Waals surface area (Å²) < 4.78 is 1.87. The summed E-state index contributed by atoms with van der Waals surface area (Å²) in [5, 5.41) is 14.2. The van der Waals surface area contributed by atoms with E-state index in [1.807, 2.05) is 28.8 Å². The molecule has 0 aliphatic carbocycles. The lowest BCUT2D eigenvalue weighted by Gasteiger charge is -1.98. The predicted molar refractivity (Wildman–Crippen MR) is 87.2 cm³/mol. The lowest BCUT2D eigenvalue weighted by atomic mass is 10.1. The van der Waals surface area contributed by atoms with Crippen LogP contribution in [0.3, 0.4) is 0 Å². The van der Waals surface area contributed by atoms with Crippen LogP contribution < -0.4 is 0 Å². The molecular formula is C17H14N4S. The van der Waals surface area contributed by atoms with Crippen LogP contribution in [-0.2, 0) is 12.8 Å². The highest BCUT2D eigenvalue weighted by molar-refractivity contribution is 7.16. The average Bonchev–Trinajstić information content (AvgIpc) is 3.11. The maximum Gasteiger partial charge on any atom is 0.234 e. The zero-order valence-electron chi connectivity index (χ0n) is 11.9. The summed E-state index contributed by atoms with van der Waals surface area (Å²) in [4.78, 5) is 0.858. The maximum absolute atomic E-state index is 4.67. The molecule has 108 valence electrons. The number of benzene rings is 2. The van der Waals surface area contributed by atoms with Crippen molar-refractivity contribution in [3.05, 3.63) is 82.6 Å². The zero-order chi connectivity index (χ0) is 14.8. The lowest BCUT2D eigenvalue weighted by Crippen LogP contribution is -1.98. The van der Waals surface area contributed by atoms with Crippen LogP contribution in [0.1, 0.15) is 22.0 Å². The van der Waals surface area contributed by atoms with Gasteiger partial charge in [0.1, 0.15) is 5.01 Å². The van der Waals surface area contributed by atoms with Crippen molar-refractivity contribution in [2.45, 2.75) is 12.8 Å². The topological polar surface area (TPSA) is 43.1 Å². The van der Waals surface area contributed by atoms with Gasteiger partial charge in [0.25, 0.3) is 0 Å². The Bertz CT molecular complexity index is 881. The number of aromatic nitrogens is 4. The normalized spacial score (nSPS) is 11.1. The number of fused-ring (bicyclic) bond motifs is 1. The molecule has 4 rings (SSSR count). The Balaban J connectivity index is 1.62. The van der Waals surface area contributed by atoms with Crippen LogP contribution in [0.25, 0.3) is 4.96 Å². The fourth-order valence-electron chi connectivity index (χ4n) is 2.43. The third-order valence-electron chi connectivity index (χ3n) is 3.50. The quantitative estimate of drug-likeness (QED) is 0.580. The van der Waals surface area contributed by atoms with Crippen LogP contribution in [0.2, 0.25) is 0 Å². The molecule has 0 aliphatic rings. The molecule has 0 N–H and O–H groups in total. The summed E-state index contributed by atoms with van der Waals surface area (Å²) in [6.07, 6.45) is 1.58. The van der Waals surface area contributed by atoms with Gasteiger partial charge in [0.05, 0.1) is 0 Å². The van der Waals surface area contributed by atoms with E-state index in [2.05, 4.69) is 51.7 Å². The first-order valence-corrected chi connectivity index (χ1v) is 7.98. The third-order valence-corrected chi connectivity index (χ3v) is 4.40. The Labute approximate surface area is 132 Å². The minimum absolute atomic E-state index is 0.747. The van der Waals surface area contributed by atoms with Gasteiger partial charge in [-0.05, 0) is 11.1 Å². The van der Waals surface area contributed by atoms with Crippen LogP contribution in [0.5, 0.6) is 0 Å². The first-order chi connectivity index (χ1) is 10.9. The molecule has 4 nitrogen and oxygen atoms in total. The average molecular weight is 306 g/mol. The Hall–Kier alpha value is -2.53. The van der Waals surface area contributed by atoms with E-state index in [0.717, 1.165) is 28.6 Å². The largest absolute Gasteiger partial charge is 0.234 e. The van der Waals surface area contributed by atoms with Crippen molar-refractivity contribution in [3.8, 4) is 0 Å². The molecule has 2 heterocycles. The van der Waals surface area contributed by atoms with Gasteiger partial charge < -0.3 is 0 Å². The number of hydrogen-bond acceptors (Lipinski definition) is 4. The van der Waals surface area contributed by atoms with Crippen molar-refractivity contribution in [2.75, 3.05) is 0 Å². The molecule has 0 unspecified atom stereocenters. The summed E-state index contributed by atoms with van der Waals surface area (Å²) in [6.45, 7) is 0. The van der Waals surface area contributed by atoms with Crippen molar-refractivity contribution in [2.24, 2.45) is 0 Å². The molecule has 0 saturated heterocycles. The van der Waals surface area contributed by atoms with Crippen LogP contribution in [-0.4, -0.2) is 19.8 Å². The van der Waals surface area contributed by atoms with Crippen molar-refractivity contribution < 1.29 is 0 Å². The van der Waals surface area contributed by atoms with E-state index in [4.69, 9.17) is 0 Å². The second kappa shape index (κ2) is 5.69. The number of hydrogen-bond donors (Lipinski definition) is 0. The van der Waals surface area contributed by atoms with Crippen molar-refractivity contribution >= 4 is 16.3 Å². The number of rotatable bonds is 4. The van der Waals surface area contributed by atoms with Gasteiger partial charge >= 0.3 is 0 Å². The Morgan fingerprint density at radius 3 is 2.09 bits per heavy atom. The standard InChI is InChI=1S/C17H14N4S/c1-3-7-13(8-4-1)11-15-18-19-17-21(15)20-16(22-17)12-14-9-5-2-6-10-14/h1-10H,11-12H2. The first-order valence-electron chi connectivity index (χ1n) is 7.16. The van der Waals surface area contributed by atoms with Crippen LogP contribution in [0.4, 0.5) is 0 Å². The molecule has 0 aliphatic heterocycles. The highest BCUT2D eigenvalue weighted by Crippen LogP contribution is 2.18. The fraction of sp³-hybridized carbons (Fsp3) is 0.118. The highest BCUT2D eigenvalue weighted by Gasteiger charge is 2.12. The van der Waals surface area contributed by atoms with E-state index in [9.17, 15) is 0 Å². The van der Waals surface area contributed by atoms with Crippen LogP contribution in [0.15, 0.2) is 60.7 Å². The molecule has 0 fully saturated rings. The molecule has 0 spiro atoms. The van der Waals surface area contributed by atoms with Gasteiger partial charge in [-0.25, -0.2) is 0 Å². The molecule has 0 bridgehead atoms. The van der Waals surface area contributed by atoms with Crippen LogP contribution in [0, 0.1) is 0 Å². The molecule has 2 aromatic carbocycles. The van der Waals surface area contributed by atoms with Crippen molar-refractivity contribution in [1.29, 1.82) is 0 Å². The summed E-state index contributed by atoms with van der Waals surface area (Å²) >= 11 is 1.60. The number of nitrogens with zero attached hydrogens (tertiary/aromatic N) is 4. The Morgan fingerprint density at radius 2 is 1.41 bits per heavy atom. The molecule has 0 radical (unpaired) electrons.